The molecule has 92 valence electrons. The lowest BCUT2D eigenvalue weighted by Gasteiger charge is -2.13. The highest BCUT2D eigenvalue weighted by molar-refractivity contribution is 7.09. The predicted octanol–water partition coefficient (Wildman–Crippen LogP) is 3.30. The van der Waals surface area contributed by atoms with Crippen LogP contribution in [0.3, 0.4) is 0 Å². The van der Waals surface area contributed by atoms with Gasteiger partial charge in [0.2, 0.25) is 0 Å². The lowest BCUT2D eigenvalue weighted by molar-refractivity contribution is 0.0554. The van der Waals surface area contributed by atoms with Crippen molar-refractivity contribution in [1.82, 2.24) is 10.3 Å². The van der Waals surface area contributed by atoms with Crippen LogP contribution in [0.4, 0.5) is 0 Å². The molecule has 1 aromatic heterocycles. The number of hydrogen-bond acceptors (Lipinski definition) is 4. The Kier molecular flexibility index (Phi) is 5.95. The summed E-state index contributed by atoms with van der Waals surface area (Å²) in [6.45, 7) is 7.08. The second-order valence-corrected chi connectivity index (χ2v) is 4.74. The number of thiazole rings is 1. The summed E-state index contributed by atoms with van der Waals surface area (Å²) in [6.07, 6.45) is 2.36. The number of nitrogens with one attached hydrogen (secondary N) is 1. The van der Waals surface area contributed by atoms with Gasteiger partial charge in [-0.1, -0.05) is 13.3 Å². The first-order valence-corrected chi connectivity index (χ1v) is 6.85. The zero-order valence-electron chi connectivity index (χ0n) is 10.6. The summed E-state index contributed by atoms with van der Waals surface area (Å²) in [4.78, 5) is 4.65. The van der Waals surface area contributed by atoms with Crippen molar-refractivity contribution in [3.63, 3.8) is 0 Å². The van der Waals surface area contributed by atoms with Crippen molar-refractivity contribution in [3.05, 3.63) is 16.1 Å². The molecule has 0 bridgehead atoms. The highest BCUT2D eigenvalue weighted by Crippen LogP contribution is 2.27. The van der Waals surface area contributed by atoms with Gasteiger partial charge in [0.15, 0.2) is 0 Å². The van der Waals surface area contributed by atoms with Crippen molar-refractivity contribution in [2.75, 3.05) is 13.7 Å². The molecule has 1 aromatic rings. The van der Waals surface area contributed by atoms with Gasteiger partial charge in [-0.25, -0.2) is 4.98 Å². The maximum atomic E-state index is 5.72. The van der Waals surface area contributed by atoms with Gasteiger partial charge in [0.25, 0.3) is 0 Å². The van der Waals surface area contributed by atoms with Crippen LogP contribution in [0.25, 0.3) is 0 Å². The first kappa shape index (κ1) is 13.6. The Morgan fingerprint density at radius 2 is 2.25 bits per heavy atom. The van der Waals surface area contributed by atoms with E-state index in [1.807, 2.05) is 14.0 Å². The molecule has 16 heavy (non-hydrogen) atoms. The number of nitrogens with zero attached hydrogens (tertiary/aromatic N) is 1. The third kappa shape index (κ3) is 3.54. The average molecular weight is 242 g/mol. The van der Waals surface area contributed by atoms with Crippen molar-refractivity contribution in [1.29, 1.82) is 0 Å². The molecule has 0 aliphatic carbocycles. The fourth-order valence-corrected chi connectivity index (χ4v) is 2.53. The molecule has 0 saturated carbocycles. The van der Waals surface area contributed by atoms with E-state index >= 15 is 0 Å². The fraction of sp³-hybridized carbons (Fsp3) is 0.750. The Hall–Kier alpha value is -0.450. The molecule has 0 radical (unpaired) electrons. The molecular formula is C12H22N2OS. The van der Waals surface area contributed by atoms with Gasteiger partial charge in [-0.3, -0.25) is 0 Å². The van der Waals surface area contributed by atoms with Crippen molar-refractivity contribution >= 4 is 11.3 Å². The van der Waals surface area contributed by atoms with Crippen LogP contribution in [0.2, 0.25) is 0 Å². The molecule has 0 amide bonds. The second kappa shape index (κ2) is 6.99. The summed E-state index contributed by atoms with van der Waals surface area (Å²) in [5.41, 5.74) is 1.11. The monoisotopic (exact) mass is 242 g/mol. The quantitative estimate of drug-likeness (QED) is 0.796. The first-order chi connectivity index (χ1) is 7.72. The van der Waals surface area contributed by atoms with Crippen LogP contribution in [-0.2, 0) is 4.74 Å². The standard InChI is InChI=1S/C12H22N2OS/c1-5-7-11(15-6-2)12-14-10(8-16-12)9(3)13-4/h8-9,11,13H,5-7H2,1-4H3. The molecule has 0 aromatic carbocycles. The van der Waals surface area contributed by atoms with Crippen molar-refractivity contribution < 1.29 is 4.74 Å². The van der Waals surface area contributed by atoms with Gasteiger partial charge in [0, 0.05) is 18.0 Å². The lowest BCUT2D eigenvalue weighted by Crippen LogP contribution is -2.13. The summed E-state index contributed by atoms with van der Waals surface area (Å²) in [5, 5.41) is 6.44. The summed E-state index contributed by atoms with van der Waals surface area (Å²) in [6, 6.07) is 0.314. The minimum absolute atomic E-state index is 0.179. The highest BCUT2D eigenvalue weighted by Gasteiger charge is 2.16. The van der Waals surface area contributed by atoms with Crippen LogP contribution >= 0.6 is 11.3 Å². The molecular weight excluding hydrogens is 220 g/mol. The molecule has 1 heterocycles. The van der Waals surface area contributed by atoms with E-state index in [0.717, 1.165) is 30.2 Å². The molecule has 0 spiro atoms. The van der Waals surface area contributed by atoms with E-state index in [2.05, 4.69) is 29.5 Å². The van der Waals surface area contributed by atoms with Crippen LogP contribution in [0, 0.1) is 0 Å². The molecule has 1 N–H and O–H groups in total. The lowest BCUT2D eigenvalue weighted by atomic mass is 10.2. The van der Waals surface area contributed by atoms with E-state index in [0.29, 0.717) is 6.04 Å². The average Bonchev–Trinajstić information content (AvgIpc) is 2.77. The van der Waals surface area contributed by atoms with Gasteiger partial charge in [-0.05, 0) is 27.3 Å². The van der Waals surface area contributed by atoms with Gasteiger partial charge < -0.3 is 10.1 Å². The van der Waals surface area contributed by atoms with Crippen LogP contribution in [0.5, 0.6) is 0 Å². The second-order valence-electron chi connectivity index (χ2n) is 3.85. The van der Waals surface area contributed by atoms with E-state index in [1.165, 1.54) is 0 Å². The minimum atomic E-state index is 0.179. The van der Waals surface area contributed by atoms with E-state index < -0.39 is 0 Å². The fourth-order valence-electron chi connectivity index (χ4n) is 1.54. The molecule has 2 unspecified atom stereocenters. The SMILES string of the molecule is CCCC(OCC)c1nc(C(C)NC)cs1. The smallest absolute Gasteiger partial charge is 0.122 e. The van der Waals surface area contributed by atoms with Crippen LogP contribution in [0.1, 0.15) is 56.5 Å². The van der Waals surface area contributed by atoms with Gasteiger partial charge in [-0.2, -0.15) is 0 Å². The summed E-state index contributed by atoms with van der Waals surface area (Å²) in [7, 11) is 1.95. The largest absolute Gasteiger partial charge is 0.371 e. The van der Waals surface area contributed by atoms with E-state index in [4.69, 9.17) is 4.74 Å². The third-order valence-electron chi connectivity index (χ3n) is 2.61. The maximum Gasteiger partial charge on any atom is 0.122 e. The molecule has 0 aliphatic heterocycles. The predicted molar refractivity (Wildman–Crippen MR) is 68.9 cm³/mol. The molecule has 2 atom stereocenters. The Morgan fingerprint density at radius 1 is 1.50 bits per heavy atom. The molecule has 0 fully saturated rings. The van der Waals surface area contributed by atoms with Crippen molar-refractivity contribution in [2.45, 2.75) is 45.8 Å². The van der Waals surface area contributed by atoms with Crippen LogP contribution in [-0.4, -0.2) is 18.6 Å². The van der Waals surface area contributed by atoms with Gasteiger partial charge in [0.1, 0.15) is 11.1 Å². The van der Waals surface area contributed by atoms with E-state index in [-0.39, 0.29) is 6.10 Å². The summed E-state index contributed by atoms with van der Waals surface area (Å²) < 4.78 is 5.72. The third-order valence-corrected chi connectivity index (χ3v) is 3.57. The minimum Gasteiger partial charge on any atom is -0.371 e. The van der Waals surface area contributed by atoms with Crippen molar-refractivity contribution in [3.8, 4) is 0 Å². The molecule has 3 nitrogen and oxygen atoms in total. The molecule has 0 saturated heterocycles. The van der Waals surface area contributed by atoms with Gasteiger partial charge in [-0.15, -0.1) is 11.3 Å². The normalized spacial score (nSPS) is 15.0. The Labute approximate surface area is 102 Å². The van der Waals surface area contributed by atoms with Gasteiger partial charge in [0.05, 0.1) is 5.69 Å². The first-order valence-electron chi connectivity index (χ1n) is 5.97. The molecule has 1 rings (SSSR count). The number of aromatic nitrogens is 1. The van der Waals surface area contributed by atoms with Gasteiger partial charge >= 0.3 is 0 Å². The zero-order valence-corrected chi connectivity index (χ0v) is 11.4. The molecule has 4 heteroatoms. The summed E-state index contributed by atoms with van der Waals surface area (Å²) >= 11 is 1.71. The van der Waals surface area contributed by atoms with E-state index in [1.54, 1.807) is 11.3 Å². The molecule has 0 aliphatic rings. The number of hydrogen-bond donors (Lipinski definition) is 1. The Balaban J connectivity index is 2.72. The maximum absolute atomic E-state index is 5.72. The van der Waals surface area contributed by atoms with Crippen LogP contribution < -0.4 is 5.32 Å². The Morgan fingerprint density at radius 3 is 2.81 bits per heavy atom. The Bertz CT molecular complexity index is 295. The van der Waals surface area contributed by atoms with Crippen molar-refractivity contribution in [2.24, 2.45) is 0 Å². The highest BCUT2D eigenvalue weighted by atomic mass is 32.1. The summed E-state index contributed by atoms with van der Waals surface area (Å²) in [5.74, 6) is 0. The zero-order chi connectivity index (χ0) is 12.0. The number of ether oxygens (including phenoxy) is 1. The van der Waals surface area contributed by atoms with Crippen LogP contribution in [0.15, 0.2) is 5.38 Å². The topological polar surface area (TPSA) is 34.1 Å². The number of rotatable bonds is 7. The van der Waals surface area contributed by atoms with E-state index in [9.17, 15) is 0 Å².